The molecule has 5 nitrogen and oxygen atoms in total. The van der Waals surface area contributed by atoms with E-state index in [-0.39, 0.29) is 36.6 Å². The fraction of sp³-hybridized carbons (Fsp3) is 0.806. The zero-order chi connectivity index (χ0) is 29.7. The number of rotatable bonds is 18. The molecule has 0 aromatic carbocycles. The predicted octanol–water partition coefficient (Wildman–Crippen LogP) is 8.79. The molecule has 1 unspecified atom stereocenters. The van der Waals surface area contributed by atoms with Crippen molar-refractivity contribution in [1.82, 2.24) is 0 Å². The van der Waals surface area contributed by atoms with Gasteiger partial charge in [0, 0.05) is 18.3 Å². The molecule has 1 saturated carbocycles. The van der Waals surface area contributed by atoms with Gasteiger partial charge in [-0.05, 0) is 52.5 Å². The SMILES string of the molecule is C=C1C[C@H]2O[C@H]2[C@@](C)(O)CCC2[C@H]1CO[C@@]2(/C=C/C=C(C)C)COC(=O)CCCCCCCCCCCCCCC. The third-order valence-electron chi connectivity index (χ3n) is 9.54. The van der Waals surface area contributed by atoms with Gasteiger partial charge in [0.1, 0.15) is 18.3 Å². The minimum absolute atomic E-state index is 0.0469. The van der Waals surface area contributed by atoms with Crippen molar-refractivity contribution in [2.24, 2.45) is 11.8 Å². The van der Waals surface area contributed by atoms with Crippen LogP contribution in [-0.2, 0) is 19.0 Å². The van der Waals surface area contributed by atoms with Crippen molar-refractivity contribution in [3.05, 3.63) is 36.0 Å². The van der Waals surface area contributed by atoms with Crippen molar-refractivity contribution in [3.8, 4) is 0 Å². The number of epoxide rings is 1. The van der Waals surface area contributed by atoms with E-state index >= 15 is 0 Å². The normalized spacial score (nSPS) is 31.2. The van der Waals surface area contributed by atoms with E-state index in [4.69, 9.17) is 14.2 Å². The third-order valence-corrected chi connectivity index (χ3v) is 9.54. The van der Waals surface area contributed by atoms with Crippen molar-refractivity contribution in [3.63, 3.8) is 0 Å². The Morgan fingerprint density at radius 2 is 1.63 bits per heavy atom. The summed E-state index contributed by atoms with van der Waals surface area (Å²) in [5.74, 6) is 0.105. The van der Waals surface area contributed by atoms with Gasteiger partial charge in [0.05, 0.1) is 18.3 Å². The number of carbonyl (C=O) groups is 1. The molecular weight excluding hydrogens is 512 g/mol. The van der Waals surface area contributed by atoms with Crippen LogP contribution in [0.1, 0.15) is 137 Å². The molecule has 5 heteroatoms. The molecule has 1 aliphatic carbocycles. The molecule has 3 rings (SSSR count). The molecule has 0 bridgehead atoms. The zero-order valence-electron chi connectivity index (χ0n) is 26.8. The number of esters is 1. The minimum Gasteiger partial charge on any atom is -0.462 e. The summed E-state index contributed by atoms with van der Waals surface area (Å²) in [6.07, 6.45) is 25.4. The molecule has 6 atom stereocenters. The van der Waals surface area contributed by atoms with Crippen LogP contribution in [0.3, 0.4) is 0 Å². The van der Waals surface area contributed by atoms with Crippen LogP contribution in [0.4, 0.5) is 0 Å². The molecule has 3 fully saturated rings. The fourth-order valence-electron chi connectivity index (χ4n) is 6.83. The molecule has 0 spiro atoms. The second-order valence-electron chi connectivity index (χ2n) is 13.6. The first-order valence-corrected chi connectivity index (χ1v) is 16.9. The number of fused-ring (bicyclic) bond motifs is 2. The summed E-state index contributed by atoms with van der Waals surface area (Å²) >= 11 is 0. The lowest BCUT2D eigenvalue weighted by Gasteiger charge is -2.34. The van der Waals surface area contributed by atoms with Crippen LogP contribution in [0.15, 0.2) is 36.0 Å². The standard InChI is InChI=1S/C36H60O5/c1-6-7-8-9-10-11-12-13-14-15-16-17-18-21-33(37)39-27-36(23-19-20-28(2)3)31-22-24-35(5,38)34-32(41-34)25-29(4)30(31)26-40-36/h19-20,23,30-32,34,38H,4,6-18,21-22,24-27H2,1-3,5H3/b23-19+/t30-,31?,32+,34+,35-,36-/m0/s1. The Morgan fingerprint density at radius 3 is 2.24 bits per heavy atom. The summed E-state index contributed by atoms with van der Waals surface area (Å²) in [5.41, 5.74) is 0.736. The van der Waals surface area contributed by atoms with Gasteiger partial charge in [-0.3, -0.25) is 4.79 Å². The Labute approximate surface area is 251 Å². The van der Waals surface area contributed by atoms with Crippen molar-refractivity contribution in [2.75, 3.05) is 13.2 Å². The molecular formula is C36H60O5. The maximum Gasteiger partial charge on any atom is 0.305 e. The molecule has 0 aromatic heterocycles. The quantitative estimate of drug-likeness (QED) is 0.0584. The summed E-state index contributed by atoms with van der Waals surface area (Å²) in [5, 5.41) is 11.1. The van der Waals surface area contributed by atoms with Crippen LogP contribution >= 0.6 is 0 Å². The maximum atomic E-state index is 12.8. The van der Waals surface area contributed by atoms with E-state index in [0.29, 0.717) is 19.4 Å². The molecule has 41 heavy (non-hydrogen) atoms. The van der Waals surface area contributed by atoms with E-state index in [2.05, 4.69) is 39.5 Å². The third kappa shape index (κ3) is 11.0. The first kappa shape index (κ1) is 34.1. The van der Waals surface area contributed by atoms with Crippen molar-refractivity contribution < 1.29 is 24.1 Å². The van der Waals surface area contributed by atoms with Crippen molar-refractivity contribution >= 4 is 5.97 Å². The molecule has 234 valence electrons. The van der Waals surface area contributed by atoms with Crippen LogP contribution in [0.25, 0.3) is 0 Å². The van der Waals surface area contributed by atoms with Crippen LogP contribution < -0.4 is 0 Å². The highest BCUT2D eigenvalue weighted by Gasteiger charge is 2.56. The van der Waals surface area contributed by atoms with Gasteiger partial charge in [0.15, 0.2) is 0 Å². The van der Waals surface area contributed by atoms with Crippen LogP contribution in [-0.4, -0.2) is 47.7 Å². The lowest BCUT2D eigenvalue weighted by Crippen LogP contribution is -2.42. The highest BCUT2D eigenvalue weighted by atomic mass is 16.6. The van der Waals surface area contributed by atoms with Gasteiger partial charge in [-0.25, -0.2) is 0 Å². The second kappa shape index (κ2) is 17.0. The van der Waals surface area contributed by atoms with E-state index in [1.807, 2.05) is 13.0 Å². The largest absolute Gasteiger partial charge is 0.462 e. The number of hydrogen-bond donors (Lipinski definition) is 1. The van der Waals surface area contributed by atoms with Gasteiger partial charge >= 0.3 is 5.97 Å². The number of aliphatic hydroxyl groups is 1. The minimum atomic E-state index is -0.872. The van der Waals surface area contributed by atoms with E-state index in [1.54, 1.807) is 0 Å². The maximum absolute atomic E-state index is 12.8. The Kier molecular flexibility index (Phi) is 14.1. The molecule has 0 aromatic rings. The van der Waals surface area contributed by atoms with Gasteiger partial charge < -0.3 is 19.3 Å². The number of unbranched alkanes of at least 4 members (excludes halogenated alkanes) is 12. The topological polar surface area (TPSA) is 68.3 Å². The van der Waals surface area contributed by atoms with E-state index in [0.717, 1.165) is 31.3 Å². The lowest BCUT2D eigenvalue weighted by molar-refractivity contribution is -0.151. The van der Waals surface area contributed by atoms with Crippen LogP contribution in [0.2, 0.25) is 0 Å². The number of ether oxygens (including phenoxy) is 3. The van der Waals surface area contributed by atoms with Gasteiger partial charge in [-0.1, -0.05) is 114 Å². The van der Waals surface area contributed by atoms with Gasteiger partial charge in [-0.15, -0.1) is 0 Å². The molecule has 2 aliphatic heterocycles. The summed E-state index contributed by atoms with van der Waals surface area (Å²) < 4.78 is 18.2. The molecule has 1 N–H and O–H groups in total. The molecule has 0 amide bonds. The number of allylic oxidation sites excluding steroid dienone is 3. The molecule has 3 aliphatic rings. The molecule has 0 radical (unpaired) electrons. The first-order valence-electron chi connectivity index (χ1n) is 16.9. The molecule has 2 saturated heterocycles. The Bertz CT molecular complexity index is 869. The predicted molar refractivity (Wildman–Crippen MR) is 168 cm³/mol. The Balaban J connectivity index is 1.43. The smallest absolute Gasteiger partial charge is 0.305 e. The summed E-state index contributed by atoms with van der Waals surface area (Å²) in [6.45, 7) is 13.5. The highest BCUT2D eigenvalue weighted by molar-refractivity contribution is 5.69. The zero-order valence-corrected chi connectivity index (χ0v) is 26.8. The average molecular weight is 573 g/mol. The average Bonchev–Trinajstić information content (AvgIpc) is 3.61. The summed E-state index contributed by atoms with van der Waals surface area (Å²) in [7, 11) is 0. The van der Waals surface area contributed by atoms with E-state index < -0.39 is 11.2 Å². The Morgan fingerprint density at radius 1 is 1.02 bits per heavy atom. The van der Waals surface area contributed by atoms with Crippen molar-refractivity contribution in [2.45, 2.75) is 160 Å². The number of hydrogen-bond acceptors (Lipinski definition) is 5. The monoisotopic (exact) mass is 572 g/mol. The van der Waals surface area contributed by atoms with Crippen LogP contribution in [0, 0.1) is 11.8 Å². The van der Waals surface area contributed by atoms with Crippen molar-refractivity contribution in [1.29, 1.82) is 0 Å². The second-order valence-corrected chi connectivity index (χ2v) is 13.6. The van der Waals surface area contributed by atoms with Crippen LogP contribution in [0.5, 0.6) is 0 Å². The van der Waals surface area contributed by atoms with E-state index in [1.165, 1.54) is 76.2 Å². The summed E-state index contributed by atoms with van der Waals surface area (Å²) in [4.78, 5) is 12.8. The number of carbonyl (C=O) groups excluding carboxylic acids is 1. The fourth-order valence-corrected chi connectivity index (χ4v) is 6.83. The van der Waals surface area contributed by atoms with Gasteiger partial charge in [-0.2, -0.15) is 0 Å². The summed E-state index contributed by atoms with van der Waals surface area (Å²) in [6, 6.07) is 0. The van der Waals surface area contributed by atoms with Gasteiger partial charge in [0.25, 0.3) is 0 Å². The Hall–Kier alpha value is -1.43. The van der Waals surface area contributed by atoms with E-state index in [9.17, 15) is 9.90 Å². The highest BCUT2D eigenvalue weighted by Crippen LogP contribution is 2.50. The van der Waals surface area contributed by atoms with Gasteiger partial charge in [0.2, 0.25) is 0 Å². The lowest BCUT2D eigenvalue weighted by atomic mass is 9.74. The first-order chi connectivity index (χ1) is 19.7. The molecule has 2 heterocycles.